The van der Waals surface area contributed by atoms with Crippen molar-refractivity contribution in [3.63, 3.8) is 0 Å². The van der Waals surface area contributed by atoms with Crippen LogP contribution in [0.2, 0.25) is 0 Å². The summed E-state index contributed by atoms with van der Waals surface area (Å²) in [5.41, 5.74) is 1.19. The Hall–Kier alpha value is -1.82. The fourth-order valence-corrected chi connectivity index (χ4v) is 3.25. The summed E-state index contributed by atoms with van der Waals surface area (Å²) in [7, 11) is 0. The van der Waals surface area contributed by atoms with Gasteiger partial charge in [0.15, 0.2) is 0 Å². The molecule has 1 aliphatic heterocycles. The summed E-state index contributed by atoms with van der Waals surface area (Å²) >= 11 is 0. The summed E-state index contributed by atoms with van der Waals surface area (Å²) in [5.74, 6) is 2.59. The normalized spacial score (nSPS) is 18.4. The largest absolute Gasteiger partial charge is 0.491 e. The lowest BCUT2D eigenvalue weighted by atomic mass is 10.2. The smallest absolute Gasteiger partial charge is 0.119 e. The molecular formula is C21H29NO4. The van der Waals surface area contributed by atoms with Crippen LogP contribution in [0.3, 0.4) is 0 Å². The van der Waals surface area contributed by atoms with Gasteiger partial charge in [-0.1, -0.05) is 17.7 Å². The molecule has 1 aliphatic rings. The lowest BCUT2D eigenvalue weighted by molar-refractivity contribution is 0.0289. The summed E-state index contributed by atoms with van der Waals surface area (Å²) < 4.78 is 17.2. The van der Waals surface area contributed by atoms with Crippen LogP contribution in [0.15, 0.2) is 40.8 Å². The van der Waals surface area contributed by atoms with E-state index in [0.717, 1.165) is 43.3 Å². The second-order valence-electron chi connectivity index (χ2n) is 7.12. The minimum Gasteiger partial charge on any atom is -0.491 e. The molecule has 5 heteroatoms. The molecule has 26 heavy (non-hydrogen) atoms. The number of aryl methyl sites for hydroxylation is 2. The molecule has 0 radical (unpaired) electrons. The maximum Gasteiger partial charge on any atom is 0.119 e. The van der Waals surface area contributed by atoms with Crippen molar-refractivity contribution in [1.82, 2.24) is 4.90 Å². The fraction of sp³-hybridized carbons (Fsp3) is 0.524. The second kappa shape index (κ2) is 9.21. The zero-order valence-corrected chi connectivity index (χ0v) is 15.7. The van der Waals surface area contributed by atoms with Crippen molar-refractivity contribution in [2.24, 2.45) is 0 Å². The van der Waals surface area contributed by atoms with Crippen molar-refractivity contribution in [3.05, 3.63) is 53.5 Å². The highest BCUT2D eigenvalue weighted by Gasteiger charge is 2.22. The van der Waals surface area contributed by atoms with E-state index < -0.39 is 6.10 Å². The summed E-state index contributed by atoms with van der Waals surface area (Å²) in [6.07, 6.45) is 1.84. The Kier molecular flexibility index (Phi) is 6.72. The van der Waals surface area contributed by atoms with Gasteiger partial charge in [-0.05, 0) is 51.0 Å². The summed E-state index contributed by atoms with van der Waals surface area (Å²) in [4.78, 5) is 2.19. The Morgan fingerprint density at radius 3 is 2.65 bits per heavy atom. The lowest BCUT2D eigenvalue weighted by Crippen LogP contribution is -2.39. The first kappa shape index (κ1) is 19.0. The standard InChI is InChI=1S/C21H29NO4/c1-16-5-8-19(9-6-16)25-15-18(23)12-22(13-20-4-3-11-24-20)14-21-10-7-17(2)26-21/h5-10,18,20,23H,3-4,11-15H2,1-2H3. The van der Waals surface area contributed by atoms with E-state index >= 15 is 0 Å². The van der Waals surface area contributed by atoms with Crippen molar-refractivity contribution in [1.29, 1.82) is 0 Å². The molecule has 2 unspecified atom stereocenters. The number of ether oxygens (including phenoxy) is 2. The van der Waals surface area contributed by atoms with Crippen LogP contribution < -0.4 is 4.74 Å². The number of hydrogen-bond donors (Lipinski definition) is 1. The van der Waals surface area contributed by atoms with E-state index in [0.29, 0.717) is 13.1 Å². The molecular weight excluding hydrogens is 330 g/mol. The van der Waals surface area contributed by atoms with Gasteiger partial charge in [0.05, 0.1) is 12.6 Å². The first-order valence-electron chi connectivity index (χ1n) is 9.35. The van der Waals surface area contributed by atoms with Crippen LogP contribution >= 0.6 is 0 Å². The van der Waals surface area contributed by atoms with Crippen molar-refractivity contribution in [3.8, 4) is 5.75 Å². The average Bonchev–Trinajstić information content (AvgIpc) is 3.26. The van der Waals surface area contributed by atoms with E-state index in [2.05, 4.69) is 4.90 Å². The summed E-state index contributed by atoms with van der Waals surface area (Å²) in [6, 6.07) is 11.8. The number of hydrogen-bond acceptors (Lipinski definition) is 5. The van der Waals surface area contributed by atoms with Gasteiger partial charge in [0.1, 0.15) is 30.0 Å². The molecule has 1 N–H and O–H groups in total. The van der Waals surface area contributed by atoms with Crippen LogP contribution in [0.25, 0.3) is 0 Å². The Labute approximate surface area is 155 Å². The zero-order chi connectivity index (χ0) is 18.4. The van der Waals surface area contributed by atoms with Gasteiger partial charge in [-0.3, -0.25) is 4.90 Å². The van der Waals surface area contributed by atoms with Gasteiger partial charge in [-0.2, -0.15) is 0 Å². The number of aliphatic hydroxyl groups is 1. The molecule has 1 aromatic heterocycles. The van der Waals surface area contributed by atoms with E-state index in [1.807, 2.05) is 50.2 Å². The Bertz CT molecular complexity index is 661. The molecule has 1 aromatic carbocycles. The number of nitrogens with zero attached hydrogens (tertiary/aromatic N) is 1. The van der Waals surface area contributed by atoms with Gasteiger partial charge >= 0.3 is 0 Å². The monoisotopic (exact) mass is 359 g/mol. The van der Waals surface area contributed by atoms with Crippen LogP contribution in [0.1, 0.15) is 29.9 Å². The molecule has 0 bridgehead atoms. The Morgan fingerprint density at radius 2 is 2.00 bits per heavy atom. The molecule has 3 rings (SSSR count). The van der Waals surface area contributed by atoms with Crippen LogP contribution in [0, 0.1) is 13.8 Å². The topological polar surface area (TPSA) is 55.1 Å². The van der Waals surface area contributed by atoms with Crippen LogP contribution in [0.5, 0.6) is 5.75 Å². The predicted octanol–water partition coefficient (Wildman–Crippen LogP) is 3.32. The third kappa shape index (κ3) is 5.87. The van der Waals surface area contributed by atoms with Gasteiger partial charge in [-0.25, -0.2) is 0 Å². The molecule has 2 aromatic rings. The summed E-state index contributed by atoms with van der Waals surface area (Å²) in [5, 5.41) is 10.5. The van der Waals surface area contributed by atoms with E-state index in [4.69, 9.17) is 13.9 Å². The second-order valence-corrected chi connectivity index (χ2v) is 7.12. The van der Waals surface area contributed by atoms with Gasteiger partial charge in [0, 0.05) is 19.7 Å². The van der Waals surface area contributed by atoms with Gasteiger partial charge in [0.2, 0.25) is 0 Å². The molecule has 1 saturated heterocycles. The third-order valence-electron chi connectivity index (χ3n) is 4.59. The van der Waals surface area contributed by atoms with E-state index in [1.54, 1.807) is 0 Å². The molecule has 2 heterocycles. The van der Waals surface area contributed by atoms with Crippen LogP contribution in [0.4, 0.5) is 0 Å². The number of aliphatic hydroxyl groups excluding tert-OH is 1. The highest BCUT2D eigenvalue weighted by molar-refractivity contribution is 5.26. The van der Waals surface area contributed by atoms with Gasteiger partial charge in [-0.15, -0.1) is 0 Å². The molecule has 0 spiro atoms. The highest BCUT2D eigenvalue weighted by Crippen LogP contribution is 2.17. The third-order valence-corrected chi connectivity index (χ3v) is 4.59. The number of furan rings is 1. The zero-order valence-electron chi connectivity index (χ0n) is 15.7. The minimum absolute atomic E-state index is 0.233. The van der Waals surface area contributed by atoms with Gasteiger partial charge < -0.3 is 19.0 Å². The molecule has 0 amide bonds. The van der Waals surface area contributed by atoms with E-state index in [1.165, 1.54) is 5.56 Å². The first-order valence-corrected chi connectivity index (χ1v) is 9.35. The average molecular weight is 359 g/mol. The lowest BCUT2D eigenvalue weighted by Gasteiger charge is -2.26. The molecule has 0 aliphatic carbocycles. The van der Waals surface area contributed by atoms with Crippen molar-refractivity contribution in [2.45, 2.75) is 45.4 Å². The maximum absolute atomic E-state index is 10.5. The van der Waals surface area contributed by atoms with Crippen LogP contribution in [-0.4, -0.2) is 48.5 Å². The Morgan fingerprint density at radius 1 is 1.19 bits per heavy atom. The van der Waals surface area contributed by atoms with E-state index in [-0.39, 0.29) is 12.7 Å². The van der Waals surface area contributed by atoms with Crippen LogP contribution in [-0.2, 0) is 11.3 Å². The molecule has 2 atom stereocenters. The highest BCUT2D eigenvalue weighted by atomic mass is 16.5. The molecule has 0 saturated carbocycles. The Balaban J connectivity index is 1.53. The SMILES string of the molecule is Cc1ccc(OCC(O)CN(Cc2ccc(C)o2)CC2CCCO2)cc1. The molecule has 1 fully saturated rings. The maximum atomic E-state index is 10.5. The van der Waals surface area contributed by atoms with Crippen molar-refractivity contribution >= 4 is 0 Å². The molecule has 5 nitrogen and oxygen atoms in total. The fourth-order valence-electron chi connectivity index (χ4n) is 3.25. The quantitative estimate of drug-likeness (QED) is 0.744. The van der Waals surface area contributed by atoms with E-state index in [9.17, 15) is 5.11 Å². The van der Waals surface area contributed by atoms with Crippen molar-refractivity contribution < 1.29 is 19.0 Å². The predicted molar refractivity (Wildman–Crippen MR) is 100 cm³/mol. The van der Waals surface area contributed by atoms with Gasteiger partial charge in [0.25, 0.3) is 0 Å². The first-order chi connectivity index (χ1) is 12.6. The van der Waals surface area contributed by atoms with Crippen molar-refractivity contribution in [2.75, 3.05) is 26.3 Å². The summed E-state index contributed by atoms with van der Waals surface area (Å²) in [6.45, 7) is 7.05. The molecule has 142 valence electrons. The number of rotatable bonds is 9. The number of benzene rings is 1. The minimum atomic E-state index is -0.575.